The van der Waals surface area contributed by atoms with E-state index >= 15 is 0 Å². The first-order chi connectivity index (χ1) is 13.7. The van der Waals surface area contributed by atoms with Crippen molar-refractivity contribution in [2.45, 2.75) is 13.0 Å². The molecule has 9 heteroatoms. The number of nitrogens with one attached hydrogen (secondary N) is 3. The molecule has 28 heavy (non-hydrogen) atoms. The van der Waals surface area contributed by atoms with Gasteiger partial charge in [0.15, 0.2) is 5.69 Å². The molecule has 0 bridgehead atoms. The van der Waals surface area contributed by atoms with Crippen molar-refractivity contribution in [1.82, 2.24) is 15.5 Å². The van der Waals surface area contributed by atoms with Gasteiger partial charge in [0.1, 0.15) is 0 Å². The van der Waals surface area contributed by atoms with Gasteiger partial charge in [0.2, 0.25) is 0 Å². The van der Waals surface area contributed by atoms with Crippen LogP contribution in [0.15, 0.2) is 18.2 Å². The van der Waals surface area contributed by atoms with E-state index in [1.165, 1.54) is 7.11 Å². The predicted molar refractivity (Wildman–Crippen MR) is 103 cm³/mol. The molecule has 9 nitrogen and oxygen atoms in total. The smallest absolute Gasteiger partial charge is 0.340 e. The number of morpholine rings is 1. The third-order valence-corrected chi connectivity index (χ3v) is 5.05. The third kappa shape index (κ3) is 3.58. The van der Waals surface area contributed by atoms with Gasteiger partial charge in [0, 0.05) is 49.5 Å². The van der Waals surface area contributed by atoms with Crippen molar-refractivity contribution in [2.24, 2.45) is 0 Å². The summed E-state index contributed by atoms with van der Waals surface area (Å²) in [5.74, 6) is -0.860. The number of H-pyrrole nitrogens is 1. The number of aromatic nitrogens is 2. The Hall–Kier alpha value is -2.91. The number of ether oxygens (including phenoxy) is 2. The highest BCUT2D eigenvalue weighted by atomic mass is 16.5. The summed E-state index contributed by atoms with van der Waals surface area (Å²) in [4.78, 5) is 27.3. The number of benzene rings is 1. The van der Waals surface area contributed by atoms with Crippen molar-refractivity contribution < 1.29 is 19.1 Å². The first-order valence-electron chi connectivity index (χ1n) is 9.30. The number of rotatable bonds is 4. The van der Waals surface area contributed by atoms with Crippen LogP contribution >= 0.6 is 0 Å². The SMILES string of the molecule is COC(=O)c1cc(N2CCOCC2)ccc1NC(=O)c1n[nH]c2c1CNCC2. The summed E-state index contributed by atoms with van der Waals surface area (Å²) in [6, 6.07) is 5.36. The number of hydrogen-bond donors (Lipinski definition) is 3. The van der Waals surface area contributed by atoms with E-state index in [0.29, 0.717) is 36.7 Å². The van der Waals surface area contributed by atoms with Gasteiger partial charge in [-0.15, -0.1) is 0 Å². The monoisotopic (exact) mass is 385 g/mol. The average molecular weight is 385 g/mol. The number of anilines is 2. The summed E-state index contributed by atoms with van der Waals surface area (Å²) >= 11 is 0. The van der Waals surface area contributed by atoms with Crippen LogP contribution < -0.4 is 15.5 Å². The van der Waals surface area contributed by atoms with Gasteiger partial charge in [-0.3, -0.25) is 9.89 Å². The average Bonchev–Trinajstić information content (AvgIpc) is 3.18. The van der Waals surface area contributed by atoms with E-state index in [2.05, 4.69) is 25.7 Å². The second kappa shape index (κ2) is 7.99. The number of hydrogen-bond acceptors (Lipinski definition) is 7. The van der Waals surface area contributed by atoms with Gasteiger partial charge in [-0.1, -0.05) is 0 Å². The van der Waals surface area contributed by atoms with Crippen molar-refractivity contribution in [2.75, 3.05) is 50.2 Å². The number of aromatic amines is 1. The number of carbonyl (C=O) groups is 2. The molecule has 0 spiro atoms. The lowest BCUT2D eigenvalue weighted by Gasteiger charge is -2.29. The molecular weight excluding hydrogens is 362 g/mol. The van der Waals surface area contributed by atoms with Crippen LogP contribution in [0.4, 0.5) is 11.4 Å². The summed E-state index contributed by atoms with van der Waals surface area (Å²) in [6.45, 7) is 4.23. The summed E-state index contributed by atoms with van der Waals surface area (Å²) in [5, 5.41) is 13.2. The maximum atomic E-state index is 12.8. The molecule has 0 saturated carbocycles. The van der Waals surface area contributed by atoms with E-state index < -0.39 is 5.97 Å². The van der Waals surface area contributed by atoms with Gasteiger partial charge in [-0.25, -0.2) is 4.79 Å². The third-order valence-electron chi connectivity index (χ3n) is 5.05. The summed E-state index contributed by atoms with van der Waals surface area (Å²) in [6.07, 6.45) is 0.803. The Balaban J connectivity index is 1.60. The Morgan fingerprint density at radius 1 is 1.29 bits per heavy atom. The van der Waals surface area contributed by atoms with Crippen molar-refractivity contribution in [1.29, 1.82) is 0 Å². The Bertz CT molecular complexity index is 888. The zero-order chi connectivity index (χ0) is 19.5. The van der Waals surface area contributed by atoms with Crippen LogP contribution in [0.5, 0.6) is 0 Å². The number of carbonyl (C=O) groups excluding carboxylic acids is 2. The molecule has 2 aliphatic rings. The molecule has 2 aromatic rings. The van der Waals surface area contributed by atoms with Gasteiger partial charge < -0.3 is 25.0 Å². The molecule has 1 aromatic heterocycles. The number of esters is 1. The van der Waals surface area contributed by atoms with E-state index in [1.54, 1.807) is 12.1 Å². The fraction of sp³-hybridized carbons (Fsp3) is 0.421. The van der Waals surface area contributed by atoms with Gasteiger partial charge in [0.05, 0.1) is 31.6 Å². The van der Waals surface area contributed by atoms with Crippen LogP contribution in [0, 0.1) is 0 Å². The van der Waals surface area contributed by atoms with E-state index in [0.717, 1.165) is 43.0 Å². The number of amides is 1. The molecule has 0 radical (unpaired) electrons. The maximum Gasteiger partial charge on any atom is 0.340 e. The van der Waals surface area contributed by atoms with E-state index in [4.69, 9.17) is 9.47 Å². The first kappa shape index (κ1) is 18.5. The predicted octanol–water partition coefficient (Wildman–Crippen LogP) is 0.931. The van der Waals surface area contributed by atoms with E-state index in [1.807, 2.05) is 6.07 Å². The maximum absolute atomic E-state index is 12.8. The van der Waals surface area contributed by atoms with Crippen LogP contribution in [0.2, 0.25) is 0 Å². The van der Waals surface area contributed by atoms with Gasteiger partial charge in [-0.05, 0) is 18.2 Å². The second-order valence-corrected chi connectivity index (χ2v) is 6.73. The fourth-order valence-corrected chi connectivity index (χ4v) is 3.53. The van der Waals surface area contributed by atoms with Crippen LogP contribution in [0.25, 0.3) is 0 Å². The molecule has 4 rings (SSSR count). The summed E-state index contributed by atoms with van der Waals surface area (Å²) in [5.41, 5.74) is 3.78. The molecule has 1 fully saturated rings. The highest BCUT2D eigenvalue weighted by Gasteiger charge is 2.24. The van der Waals surface area contributed by atoms with Crippen molar-refractivity contribution in [3.8, 4) is 0 Å². The second-order valence-electron chi connectivity index (χ2n) is 6.73. The van der Waals surface area contributed by atoms with Crippen molar-refractivity contribution in [3.63, 3.8) is 0 Å². The number of methoxy groups -OCH3 is 1. The molecule has 0 aliphatic carbocycles. The Morgan fingerprint density at radius 3 is 2.89 bits per heavy atom. The molecule has 3 N–H and O–H groups in total. The lowest BCUT2D eigenvalue weighted by atomic mass is 10.1. The van der Waals surface area contributed by atoms with E-state index in [-0.39, 0.29) is 5.91 Å². The lowest BCUT2D eigenvalue weighted by Crippen LogP contribution is -2.36. The zero-order valence-electron chi connectivity index (χ0n) is 15.7. The minimum atomic E-state index is -0.504. The topological polar surface area (TPSA) is 109 Å². The summed E-state index contributed by atoms with van der Waals surface area (Å²) < 4.78 is 10.3. The molecule has 3 heterocycles. The highest BCUT2D eigenvalue weighted by molar-refractivity contribution is 6.08. The Kier molecular flexibility index (Phi) is 5.27. The standard InChI is InChI=1S/C19H23N5O4/c1-27-19(26)13-10-12(24-6-8-28-9-7-24)2-3-15(13)21-18(25)17-14-11-20-5-4-16(14)22-23-17/h2-3,10,20H,4-9,11H2,1H3,(H,21,25)(H,22,23). The Morgan fingerprint density at radius 2 is 2.11 bits per heavy atom. The largest absolute Gasteiger partial charge is 0.465 e. The molecule has 0 unspecified atom stereocenters. The van der Waals surface area contributed by atoms with Gasteiger partial charge >= 0.3 is 5.97 Å². The molecule has 1 aromatic carbocycles. The first-order valence-corrected chi connectivity index (χ1v) is 9.30. The lowest BCUT2D eigenvalue weighted by molar-refractivity contribution is 0.0602. The van der Waals surface area contributed by atoms with Gasteiger partial charge in [-0.2, -0.15) is 5.10 Å². The normalized spacial score (nSPS) is 16.4. The van der Waals surface area contributed by atoms with Crippen molar-refractivity contribution in [3.05, 3.63) is 40.7 Å². The molecule has 2 aliphatic heterocycles. The summed E-state index contributed by atoms with van der Waals surface area (Å²) in [7, 11) is 1.32. The Labute approximate surface area is 162 Å². The van der Waals surface area contributed by atoms with Crippen LogP contribution in [-0.4, -0.2) is 62.0 Å². The van der Waals surface area contributed by atoms with Crippen LogP contribution in [-0.2, 0) is 22.4 Å². The van der Waals surface area contributed by atoms with E-state index in [9.17, 15) is 9.59 Å². The molecule has 0 atom stereocenters. The minimum Gasteiger partial charge on any atom is -0.465 e. The molecule has 1 amide bonds. The fourth-order valence-electron chi connectivity index (χ4n) is 3.53. The van der Waals surface area contributed by atoms with Crippen LogP contribution in [0.3, 0.4) is 0 Å². The number of fused-ring (bicyclic) bond motifs is 1. The molecular formula is C19H23N5O4. The highest BCUT2D eigenvalue weighted by Crippen LogP contribution is 2.26. The minimum absolute atomic E-state index is 0.308. The van der Waals surface area contributed by atoms with Crippen LogP contribution in [0.1, 0.15) is 32.1 Å². The molecule has 1 saturated heterocycles. The molecule has 148 valence electrons. The van der Waals surface area contributed by atoms with Gasteiger partial charge in [0.25, 0.3) is 5.91 Å². The zero-order valence-corrected chi connectivity index (χ0v) is 15.7. The number of nitrogens with zero attached hydrogens (tertiary/aromatic N) is 2. The van der Waals surface area contributed by atoms with Crippen molar-refractivity contribution >= 4 is 23.3 Å². The quantitative estimate of drug-likeness (QED) is 0.672.